The molecule has 2 rings (SSSR count). The summed E-state index contributed by atoms with van der Waals surface area (Å²) in [5, 5.41) is 10.8. The molecule has 1 unspecified atom stereocenters. The van der Waals surface area contributed by atoms with Gasteiger partial charge in [-0.1, -0.05) is 37.6 Å². The molecule has 0 bridgehead atoms. The molecule has 0 aliphatic carbocycles. The van der Waals surface area contributed by atoms with E-state index < -0.39 is 6.10 Å². The third-order valence-corrected chi connectivity index (χ3v) is 3.17. The van der Waals surface area contributed by atoms with Gasteiger partial charge in [0.05, 0.1) is 5.69 Å². The van der Waals surface area contributed by atoms with Gasteiger partial charge in [0.25, 0.3) is 0 Å². The van der Waals surface area contributed by atoms with Crippen LogP contribution in [0.3, 0.4) is 0 Å². The number of nitrogens with one attached hydrogen (secondary N) is 1. The fraction of sp³-hybridized carbons (Fsp3) is 0.357. The second kappa shape index (κ2) is 5.12. The fourth-order valence-electron chi connectivity index (χ4n) is 1.85. The minimum atomic E-state index is -0.547. The van der Waals surface area contributed by atoms with E-state index >= 15 is 0 Å². The van der Waals surface area contributed by atoms with Crippen LogP contribution in [0.15, 0.2) is 24.3 Å². The van der Waals surface area contributed by atoms with E-state index in [9.17, 15) is 5.11 Å². The second-order valence-corrected chi connectivity index (χ2v) is 5.23. The number of rotatable bonds is 3. The number of hydrogen-bond donors (Lipinski definition) is 2. The minimum Gasteiger partial charge on any atom is -0.386 e. The molecule has 1 aromatic carbocycles. The van der Waals surface area contributed by atoms with Crippen LogP contribution in [0.4, 0.5) is 0 Å². The molecule has 2 N–H and O–H groups in total. The van der Waals surface area contributed by atoms with E-state index in [1.807, 2.05) is 45.0 Å². The molecular formula is C14H17ClN2O. The fourth-order valence-corrected chi connectivity index (χ4v) is 2.04. The number of aryl methyl sites for hydroxylation is 1. The van der Waals surface area contributed by atoms with Crippen molar-refractivity contribution in [1.29, 1.82) is 0 Å². The van der Waals surface area contributed by atoms with Crippen LogP contribution in [0.25, 0.3) is 11.4 Å². The average Bonchev–Trinajstić information content (AvgIpc) is 2.70. The summed E-state index contributed by atoms with van der Waals surface area (Å²) < 4.78 is 0. The molecule has 4 heteroatoms. The first kappa shape index (κ1) is 13.1. The number of aromatic nitrogens is 2. The summed E-state index contributed by atoms with van der Waals surface area (Å²) in [5.41, 5.74) is 2.53. The molecule has 1 heterocycles. The Morgan fingerprint density at radius 1 is 1.33 bits per heavy atom. The van der Waals surface area contributed by atoms with Gasteiger partial charge in [0.1, 0.15) is 11.9 Å². The summed E-state index contributed by atoms with van der Waals surface area (Å²) in [6.45, 7) is 5.86. The number of aromatic amines is 1. The molecule has 0 spiro atoms. The second-order valence-electron chi connectivity index (χ2n) is 4.79. The van der Waals surface area contributed by atoms with Crippen molar-refractivity contribution in [2.45, 2.75) is 26.9 Å². The zero-order chi connectivity index (χ0) is 13.3. The maximum Gasteiger partial charge on any atom is 0.137 e. The van der Waals surface area contributed by atoms with Crippen molar-refractivity contribution < 1.29 is 5.11 Å². The molecule has 0 amide bonds. The van der Waals surface area contributed by atoms with Gasteiger partial charge >= 0.3 is 0 Å². The normalized spacial score (nSPS) is 13.0. The Balaban J connectivity index is 2.40. The number of aliphatic hydroxyl groups is 1. The van der Waals surface area contributed by atoms with Gasteiger partial charge in [0, 0.05) is 16.3 Å². The van der Waals surface area contributed by atoms with Crippen LogP contribution in [0.5, 0.6) is 0 Å². The van der Waals surface area contributed by atoms with Gasteiger partial charge in [0.15, 0.2) is 0 Å². The molecule has 18 heavy (non-hydrogen) atoms. The Labute approximate surface area is 112 Å². The summed E-state index contributed by atoms with van der Waals surface area (Å²) in [7, 11) is 0. The lowest BCUT2D eigenvalue weighted by molar-refractivity contribution is 0.122. The summed E-state index contributed by atoms with van der Waals surface area (Å²) in [6, 6.07) is 7.50. The predicted octanol–water partition coefficient (Wildman–Crippen LogP) is 3.73. The highest BCUT2D eigenvalue weighted by Gasteiger charge is 2.19. The van der Waals surface area contributed by atoms with Gasteiger partial charge in [-0.25, -0.2) is 4.98 Å². The van der Waals surface area contributed by atoms with Gasteiger partial charge in [-0.2, -0.15) is 0 Å². The number of aliphatic hydroxyl groups excluding tert-OH is 1. The molecule has 1 atom stereocenters. The first-order valence-electron chi connectivity index (χ1n) is 5.99. The summed E-state index contributed by atoms with van der Waals surface area (Å²) in [5.74, 6) is 0.879. The maximum atomic E-state index is 10.1. The molecule has 0 saturated carbocycles. The van der Waals surface area contributed by atoms with E-state index in [1.165, 1.54) is 0 Å². The zero-order valence-corrected chi connectivity index (χ0v) is 11.5. The summed E-state index contributed by atoms with van der Waals surface area (Å²) in [4.78, 5) is 7.67. The lowest BCUT2D eigenvalue weighted by Crippen LogP contribution is -2.07. The van der Waals surface area contributed by atoms with E-state index in [4.69, 9.17) is 11.6 Å². The third kappa shape index (κ3) is 2.57. The molecule has 0 aliphatic heterocycles. The molecule has 1 aromatic heterocycles. The highest BCUT2D eigenvalue weighted by Crippen LogP contribution is 2.27. The van der Waals surface area contributed by atoms with E-state index in [0.717, 1.165) is 17.1 Å². The number of halogens is 1. The first-order chi connectivity index (χ1) is 8.49. The van der Waals surface area contributed by atoms with Crippen molar-refractivity contribution >= 4 is 11.6 Å². The number of benzene rings is 1. The third-order valence-electron chi connectivity index (χ3n) is 2.93. The molecule has 3 nitrogen and oxygen atoms in total. The lowest BCUT2D eigenvalue weighted by atomic mass is 10.0. The van der Waals surface area contributed by atoms with Gasteiger partial charge in [-0.3, -0.25) is 0 Å². The summed E-state index contributed by atoms with van der Waals surface area (Å²) in [6.07, 6.45) is -0.547. The van der Waals surface area contributed by atoms with Gasteiger partial charge < -0.3 is 10.1 Å². The standard InChI is InChI=1S/C14H17ClN2O/c1-8(2)13(18)12-9(3)16-14(17-12)10-5-4-6-11(15)7-10/h4-8,13,18H,1-3H3,(H,16,17). The Kier molecular flexibility index (Phi) is 3.73. The molecule has 2 aromatic rings. The lowest BCUT2D eigenvalue weighted by Gasteiger charge is -2.12. The van der Waals surface area contributed by atoms with Crippen molar-refractivity contribution in [2.75, 3.05) is 0 Å². The van der Waals surface area contributed by atoms with Gasteiger partial charge in [-0.05, 0) is 25.0 Å². The zero-order valence-electron chi connectivity index (χ0n) is 10.7. The van der Waals surface area contributed by atoms with Crippen LogP contribution in [-0.2, 0) is 0 Å². The summed E-state index contributed by atoms with van der Waals surface area (Å²) >= 11 is 5.96. The van der Waals surface area contributed by atoms with E-state index in [-0.39, 0.29) is 5.92 Å². The number of hydrogen-bond acceptors (Lipinski definition) is 2. The Bertz CT molecular complexity index is 548. The minimum absolute atomic E-state index is 0.138. The predicted molar refractivity (Wildman–Crippen MR) is 73.6 cm³/mol. The quantitative estimate of drug-likeness (QED) is 0.887. The SMILES string of the molecule is Cc1[nH]c(-c2cccc(Cl)c2)nc1C(O)C(C)C. The molecule has 96 valence electrons. The largest absolute Gasteiger partial charge is 0.386 e. The Morgan fingerprint density at radius 3 is 2.67 bits per heavy atom. The van der Waals surface area contributed by atoms with Crippen LogP contribution in [0.2, 0.25) is 5.02 Å². The molecular weight excluding hydrogens is 248 g/mol. The molecule has 0 radical (unpaired) electrons. The van der Waals surface area contributed by atoms with Crippen LogP contribution in [-0.4, -0.2) is 15.1 Å². The molecule has 0 aliphatic rings. The Morgan fingerprint density at radius 2 is 2.06 bits per heavy atom. The smallest absolute Gasteiger partial charge is 0.137 e. The van der Waals surface area contributed by atoms with E-state index in [1.54, 1.807) is 0 Å². The van der Waals surface area contributed by atoms with E-state index in [2.05, 4.69) is 9.97 Å². The Hall–Kier alpha value is -1.32. The number of H-pyrrole nitrogens is 1. The van der Waals surface area contributed by atoms with Crippen molar-refractivity contribution in [2.24, 2.45) is 5.92 Å². The van der Waals surface area contributed by atoms with Crippen LogP contribution < -0.4 is 0 Å². The van der Waals surface area contributed by atoms with Crippen LogP contribution in [0.1, 0.15) is 31.3 Å². The molecule has 0 fully saturated rings. The van der Waals surface area contributed by atoms with Crippen LogP contribution >= 0.6 is 11.6 Å². The number of nitrogens with zero attached hydrogens (tertiary/aromatic N) is 1. The average molecular weight is 265 g/mol. The topological polar surface area (TPSA) is 48.9 Å². The van der Waals surface area contributed by atoms with Crippen LogP contribution in [0, 0.1) is 12.8 Å². The highest BCUT2D eigenvalue weighted by atomic mass is 35.5. The molecule has 0 saturated heterocycles. The van der Waals surface area contributed by atoms with Crippen molar-refractivity contribution in [3.05, 3.63) is 40.7 Å². The van der Waals surface area contributed by atoms with Crippen molar-refractivity contribution in [3.8, 4) is 11.4 Å². The number of imidazole rings is 1. The maximum absolute atomic E-state index is 10.1. The highest BCUT2D eigenvalue weighted by molar-refractivity contribution is 6.30. The monoisotopic (exact) mass is 264 g/mol. The van der Waals surface area contributed by atoms with Gasteiger partial charge in [0.2, 0.25) is 0 Å². The van der Waals surface area contributed by atoms with Gasteiger partial charge in [-0.15, -0.1) is 0 Å². The first-order valence-corrected chi connectivity index (χ1v) is 6.37. The van der Waals surface area contributed by atoms with Crippen molar-refractivity contribution in [3.63, 3.8) is 0 Å². The van der Waals surface area contributed by atoms with E-state index in [0.29, 0.717) is 10.7 Å². The van der Waals surface area contributed by atoms with Crippen molar-refractivity contribution in [1.82, 2.24) is 9.97 Å².